The van der Waals surface area contributed by atoms with Crippen molar-refractivity contribution in [1.29, 1.82) is 0 Å². The van der Waals surface area contributed by atoms with Gasteiger partial charge in [0.05, 0.1) is 31.0 Å². The Hall–Kier alpha value is -2.01. The molecule has 6 unspecified atom stereocenters. The summed E-state index contributed by atoms with van der Waals surface area (Å²) in [7, 11) is 3.34. The predicted molar refractivity (Wildman–Crippen MR) is 120 cm³/mol. The van der Waals surface area contributed by atoms with Gasteiger partial charge in [0.2, 0.25) is 11.8 Å². The van der Waals surface area contributed by atoms with Crippen LogP contribution >= 0.6 is 0 Å². The summed E-state index contributed by atoms with van der Waals surface area (Å²) >= 11 is 0. The molecule has 2 heterocycles. The Balaban J connectivity index is 1.51. The number of hydrogen-bond acceptors (Lipinski definition) is 8. The van der Waals surface area contributed by atoms with Crippen LogP contribution in [-0.4, -0.2) is 93.2 Å². The van der Waals surface area contributed by atoms with Crippen molar-refractivity contribution >= 4 is 17.9 Å². The number of ether oxygens (including phenoxy) is 4. The number of alkyl carbamates (subject to hydrolysis) is 1. The van der Waals surface area contributed by atoms with Crippen LogP contribution in [0.5, 0.6) is 0 Å². The molecular formula is C23H37N3O7. The van der Waals surface area contributed by atoms with Crippen molar-refractivity contribution in [2.24, 2.45) is 5.92 Å². The van der Waals surface area contributed by atoms with E-state index in [0.717, 1.165) is 12.8 Å². The van der Waals surface area contributed by atoms with Crippen molar-refractivity contribution in [1.82, 2.24) is 15.5 Å². The summed E-state index contributed by atoms with van der Waals surface area (Å²) in [6.45, 7) is 7.13. The first-order valence-electron chi connectivity index (χ1n) is 11.5. The molecule has 2 N–H and O–H groups in total. The highest BCUT2D eigenvalue weighted by atomic mass is 16.6. The number of nitrogens with one attached hydrogen (secondary N) is 2. The van der Waals surface area contributed by atoms with Crippen LogP contribution in [-0.2, 0) is 28.5 Å². The Labute approximate surface area is 195 Å². The van der Waals surface area contributed by atoms with Crippen molar-refractivity contribution < 1.29 is 33.3 Å². The number of imide groups is 1. The number of hydrogen-bond donors (Lipinski definition) is 2. The molecule has 10 heteroatoms. The molecule has 1 spiro atoms. The molecule has 2 aliphatic heterocycles. The minimum absolute atomic E-state index is 0.00130. The number of likely N-dealkylation sites (N-methyl/N-ethyl adjacent to an activating group) is 1. The van der Waals surface area contributed by atoms with Gasteiger partial charge in [-0.2, -0.15) is 0 Å². The van der Waals surface area contributed by atoms with Crippen LogP contribution in [0.2, 0.25) is 0 Å². The topological polar surface area (TPSA) is 122 Å². The summed E-state index contributed by atoms with van der Waals surface area (Å²) in [6.07, 6.45) is 2.82. The van der Waals surface area contributed by atoms with E-state index in [2.05, 4.69) is 30.6 Å². The Morgan fingerprint density at radius 1 is 1.24 bits per heavy atom. The molecule has 0 radical (unpaired) electrons. The lowest BCUT2D eigenvalue weighted by molar-refractivity contribution is -0.123. The van der Waals surface area contributed by atoms with Gasteiger partial charge in [-0.1, -0.05) is 11.6 Å². The molecule has 0 aromatic rings. The summed E-state index contributed by atoms with van der Waals surface area (Å²) in [5.74, 6) is -0.630. The van der Waals surface area contributed by atoms with Crippen LogP contribution in [0.1, 0.15) is 40.0 Å². The van der Waals surface area contributed by atoms with E-state index in [4.69, 9.17) is 18.9 Å². The minimum atomic E-state index is -0.786. The van der Waals surface area contributed by atoms with Crippen molar-refractivity contribution in [2.75, 3.05) is 40.4 Å². The van der Waals surface area contributed by atoms with E-state index in [9.17, 15) is 14.4 Å². The molecule has 186 valence electrons. The zero-order chi connectivity index (χ0) is 24.2. The van der Waals surface area contributed by atoms with E-state index in [1.807, 2.05) is 0 Å². The zero-order valence-electron chi connectivity index (χ0n) is 20.2. The fourth-order valence-electron chi connectivity index (χ4n) is 4.67. The van der Waals surface area contributed by atoms with Crippen molar-refractivity contribution in [2.45, 2.75) is 70.1 Å². The molecule has 3 aliphatic rings. The van der Waals surface area contributed by atoms with E-state index in [1.165, 1.54) is 12.5 Å². The zero-order valence-corrected chi connectivity index (χ0v) is 20.2. The third kappa shape index (κ3) is 6.99. The van der Waals surface area contributed by atoms with Gasteiger partial charge in [0.15, 0.2) is 0 Å². The fraction of sp³-hybridized carbons (Fsp3) is 0.783. The van der Waals surface area contributed by atoms with Crippen LogP contribution < -0.4 is 10.6 Å². The number of carbonyl (C=O) groups excluding carboxylic acids is 3. The van der Waals surface area contributed by atoms with E-state index < -0.39 is 18.1 Å². The number of epoxide rings is 2. The Morgan fingerprint density at radius 3 is 2.58 bits per heavy atom. The molecule has 0 bridgehead atoms. The molecule has 1 aliphatic carbocycles. The SMILES string of the molecule is COC1C(OC(=O)NC(=O)CN(C)CCNC(C)=O)CCC2(CO2)C1C1OC1CC=C(C)C. The van der Waals surface area contributed by atoms with Crippen LogP contribution in [0.4, 0.5) is 4.79 Å². The van der Waals surface area contributed by atoms with E-state index >= 15 is 0 Å². The molecule has 3 amide bonds. The number of allylic oxidation sites excluding steroid dienone is 1. The highest BCUT2D eigenvalue weighted by Crippen LogP contribution is 2.54. The predicted octanol–water partition coefficient (Wildman–Crippen LogP) is 0.993. The van der Waals surface area contributed by atoms with Gasteiger partial charge < -0.3 is 24.3 Å². The second-order valence-corrected chi connectivity index (χ2v) is 9.49. The molecule has 2 saturated heterocycles. The van der Waals surface area contributed by atoms with Gasteiger partial charge in [-0.25, -0.2) is 4.79 Å². The first-order valence-corrected chi connectivity index (χ1v) is 11.5. The second kappa shape index (κ2) is 10.9. The Bertz CT molecular complexity index is 763. The lowest BCUT2D eigenvalue weighted by Gasteiger charge is -2.39. The van der Waals surface area contributed by atoms with Crippen LogP contribution in [0, 0.1) is 5.92 Å². The summed E-state index contributed by atoms with van der Waals surface area (Å²) in [5.41, 5.74) is 0.977. The number of amides is 3. The monoisotopic (exact) mass is 467 g/mol. The number of methoxy groups -OCH3 is 1. The van der Waals surface area contributed by atoms with E-state index in [0.29, 0.717) is 26.1 Å². The van der Waals surface area contributed by atoms with Gasteiger partial charge >= 0.3 is 6.09 Å². The van der Waals surface area contributed by atoms with Crippen molar-refractivity contribution in [3.8, 4) is 0 Å². The second-order valence-electron chi connectivity index (χ2n) is 9.49. The van der Waals surface area contributed by atoms with Gasteiger partial charge in [0.25, 0.3) is 0 Å². The van der Waals surface area contributed by atoms with Crippen molar-refractivity contribution in [3.05, 3.63) is 11.6 Å². The lowest BCUT2D eigenvalue weighted by Crippen LogP contribution is -2.53. The molecule has 3 rings (SSSR count). The molecule has 33 heavy (non-hydrogen) atoms. The molecule has 0 aromatic carbocycles. The minimum Gasteiger partial charge on any atom is -0.443 e. The molecule has 3 fully saturated rings. The number of rotatable bonds is 10. The highest BCUT2D eigenvalue weighted by molar-refractivity contribution is 5.92. The van der Waals surface area contributed by atoms with E-state index in [1.54, 1.807) is 19.1 Å². The molecule has 1 saturated carbocycles. The summed E-state index contributed by atoms with van der Waals surface area (Å²) < 4.78 is 23.2. The standard InChI is InChI=1S/C23H37N3O7/c1-14(2)6-7-16-21(32-16)19-20(30-5)17(8-9-23(19)13-31-23)33-22(29)25-18(28)12-26(4)11-10-24-15(3)27/h6,16-17,19-21H,7-13H2,1-5H3,(H,24,27)(H,25,28,29). The normalized spacial score (nSPS) is 32.2. The smallest absolute Gasteiger partial charge is 0.414 e. The molecule has 10 nitrogen and oxygen atoms in total. The van der Waals surface area contributed by atoms with Gasteiger partial charge in [-0.05, 0) is 40.2 Å². The molecular weight excluding hydrogens is 430 g/mol. The fourth-order valence-corrected chi connectivity index (χ4v) is 4.67. The Kier molecular flexibility index (Phi) is 8.49. The molecule has 0 aromatic heterocycles. The number of nitrogens with zero attached hydrogens (tertiary/aromatic N) is 1. The summed E-state index contributed by atoms with van der Waals surface area (Å²) in [6, 6.07) is 0. The van der Waals surface area contributed by atoms with Crippen LogP contribution in [0.15, 0.2) is 11.6 Å². The maximum atomic E-state index is 12.4. The average Bonchev–Trinajstić information content (AvgIpc) is 3.64. The van der Waals surface area contributed by atoms with Gasteiger partial charge in [0.1, 0.15) is 12.2 Å². The van der Waals surface area contributed by atoms with Gasteiger partial charge in [-0.15, -0.1) is 0 Å². The highest BCUT2D eigenvalue weighted by Gasteiger charge is 2.66. The maximum absolute atomic E-state index is 12.4. The van der Waals surface area contributed by atoms with E-state index in [-0.39, 0.29) is 42.3 Å². The van der Waals surface area contributed by atoms with Crippen LogP contribution in [0.3, 0.4) is 0 Å². The Morgan fingerprint density at radius 2 is 1.97 bits per heavy atom. The van der Waals surface area contributed by atoms with Gasteiger partial charge in [-0.3, -0.25) is 19.8 Å². The third-order valence-corrected chi connectivity index (χ3v) is 6.48. The van der Waals surface area contributed by atoms with Gasteiger partial charge in [0, 0.05) is 33.0 Å². The lowest BCUT2D eigenvalue weighted by atomic mass is 9.73. The summed E-state index contributed by atoms with van der Waals surface area (Å²) in [5, 5.41) is 4.95. The largest absolute Gasteiger partial charge is 0.443 e. The number of carbonyl (C=O) groups is 3. The molecule has 6 atom stereocenters. The third-order valence-electron chi connectivity index (χ3n) is 6.48. The maximum Gasteiger partial charge on any atom is 0.414 e. The first kappa shape index (κ1) is 25.6. The summed E-state index contributed by atoms with van der Waals surface area (Å²) in [4.78, 5) is 37.3. The van der Waals surface area contributed by atoms with Crippen molar-refractivity contribution in [3.63, 3.8) is 0 Å². The average molecular weight is 468 g/mol. The quantitative estimate of drug-likeness (QED) is 0.360. The first-order chi connectivity index (χ1) is 15.6. The van der Waals surface area contributed by atoms with Crippen LogP contribution in [0.25, 0.3) is 0 Å².